The molecule has 10 heteroatoms. The van der Waals surface area contributed by atoms with Crippen molar-refractivity contribution in [2.75, 3.05) is 26.8 Å². The maximum Gasteiger partial charge on any atom is 0.202 e. The third-order valence-electron chi connectivity index (χ3n) is 3.07. The molecule has 2 atom stereocenters. The monoisotopic (exact) mass is 308 g/mol. The summed E-state index contributed by atoms with van der Waals surface area (Å²) in [5.41, 5.74) is 11.5. The van der Waals surface area contributed by atoms with Gasteiger partial charge in [-0.1, -0.05) is 0 Å². The molecular formula is C12H24N10. The van der Waals surface area contributed by atoms with E-state index in [0.29, 0.717) is 43.6 Å². The summed E-state index contributed by atoms with van der Waals surface area (Å²) in [6.07, 6.45) is 0. The van der Waals surface area contributed by atoms with Gasteiger partial charge < -0.3 is 21.7 Å². The molecule has 0 aromatic rings. The first-order valence-corrected chi connectivity index (χ1v) is 7.18. The van der Waals surface area contributed by atoms with Gasteiger partial charge in [-0.25, -0.2) is 9.98 Å². The number of nitrogens with one attached hydrogen (secondary N) is 3. The molecule has 2 aliphatic rings. The van der Waals surface area contributed by atoms with E-state index in [1.165, 1.54) is 0 Å². The molecule has 0 aliphatic carbocycles. The molecule has 2 heterocycles. The van der Waals surface area contributed by atoms with Crippen molar-refractivity contribution >= 4 is 23.8 Å². The number of aliphatic imine (C=N–C) groups is 4. The van der Waals surface area contributed by atoms with E-state index in [0.717, 1.165) is 0 Å². The summed E-state index contributed by atoms with van der Waals surface area (Å²) in [6, 6.07) is 0.136. The molecule has 0 saturated heterocycles. The van der Waals surface area contributed by atoms with Crippen molar-refractivity contribution in [1.82, 2.24) is 20.9 Å². The average Bonchev–Trinajstić information content (AvgIpc) is 2.72. The number of hydrogen-bond acceptors (Lipinski definition) is 10. The minimum atomic E-state index is 0.0642. The molecule has 0 spiro atoms. The second kappa shape index (κ2) is 6.96. The van der Waals surface area contributed by atoms with Gasteiger partial charge in [0.2, 0.25) is 5.96 Å². The van der Waals surface area contributed by atoms with Gasteiger partial charge in [0.15, 0.2) is 17.9 Å². The lowest BCUT2D eigenvalue weighted by Crippen LogP contribution is -2.51. The van der Waals surface area contributed by atoms with Gasteiger partial charge in [0.25, 0.3) is 0 Å². The van der Waals surface area contributed by atoms with Crippen molar-refractivity contribution < 1.29 is 0 Å². The first kappa shape index (κ1) is 15.9. The summed E-state index contributed by atoms with van der Waals surface area (Å²) in [7, 11) is 1.89. The van der Waals surface area contributed by atoms with Crippen LogP contribution in [0.2, 0.25) is 0 Å². The number of guanidine groups is 4. The summed E-state index contributed by atoms with van der Waals surface area (Å²) < 4.78 is 0. The zero-order valence-electron chi connectivity index (χ0n) is 13.2. The highest BCUT2D eigenvalue weighted by Crippen LogP contribution is 1.98. The molecule has 0 fully saturated rings. The fraction of sp³-hybridized carbons (Fsp3) is 0.667. The average molecular weight is 308 g/mol. The Morgan fingerprint density at radius 1 is 1.09 bits per heavy atom. The lowest BCUT2D eigenvalue weighted by molar-refractivity contribution is 0.474. The standard InChI is InChI=1S/C12H24N10/c1-7-5-16-11(20-10(14)18-7)17-6-22(3)12-19-8(2)4-15-9(13)21-12/h7-8H,4-6H2,1-3H3,(H3,13,15,19,21)(H4,14,16,17,18,20). The van der Waals surface area contributed by atoms with Gasteiger partial charge in [-0.2, -0.15) is 0 Å². The molecule has 22 heavy (non-hydrogen) atoms. The summed E-state index contributed by atoms with van der Waals surface area (Å²) >= 11 is 0. The van der Waals surface area contributed by atoms with Crippen molar-refractivity contribution in [3.05, 3.63) is 0 Å². The molecule has 2 aliphatic heterocycles. The third kappa shape index (κ3) is 4.50. The first-order valence-electron chi connectivity index (χ1n) is 7.18. The second-order valence-corrected chi connectivity index (χ2v) is 5.36. The molecule has 2 unspecified atom stereocenters. The van der Waals surface area contributed by atoms with Crippen LogP contribution in [0.25, 0.3) is 0 Å². The maximum absolute atomic E-state index is 5.76. The van der Waals surface area contributed by atoms with Crippen molar-refractivity contribution in [1.29, 1.82) is 0 Å². The molecule has 0 saturated carbocycles. The lowest BCUT2D eigenvalue weighted by Gasteiger charge is -2.23. The van der Waals surface area contributed by atoms with Crippen molar-refractivity contribution in [3.63, 3.8) is 0 Å². The molecule has 0 aromatic heterocycles. The molecule has 2 rings (SSSR count). The maximum atomic E-state index is 5.76. The molecular weight excluding hydrogens is 284 g/mol. The molecule has 7 N–H and O–H groups in total. The van der Waals surface area contributed by atoms with E-state index in [1.54, 1.807) is 0 Å². The van der Waals surface area contributed by atoms with Crippen molar-refractivity contribution in [2.45, 2.75) is 25.9 Å². The molecule has 0 amide bonds. The smallest absolute Gasteiger partial charge is 0.202 e. The third-order valence-corrected chi connectivity index (χ3v) is 3.07. The van der Waals surface area contributed by atoms with Crippen LogP contribution in [0.4, 0.5) is 0 Å². The normalized spacial score (nSPS) is 25.2. The number of nitrogens with two attached hydrogens (primary N) is 2. The van der Waals surface area contributed by atoms with Crippen LogP contribution in [0.15, 0.2) is 20.0 Å². The second-order valence-electron chi connectivity index (χ2n) is 5.36. The Hall–Kier alpha value is -2.52. The van der Waals surface area contributed by atoms with Gasteiger partial charge in [-0.3, -0.25) is 20.6 Å². The van der Waals surface area contributed by atoms with Crippen LogP contribution in [0.3, 0.4) is 0 Å². The van der Waals surface area contributed by atoms with Crippen LogP contribution in [-0.2, 0) is 0 Å². The fourth-order valence-electron chi connectivity index (χ4n) is 1.92. The molecule has 122 valence electrons. The van der Waals surface area contributed by atoms with Crippen molar-refractivity contribution in [2.24, 2.45) is 31.4 Å². The molecule has 10 nitrogen and oxygen atoms in total. The molecule has 0 bridgehead atoms. The Morgan fingerprint density at radius 3 is 2.55 bits per heavy atom. The number of nitrogens with zero attached hydrogens (tertiary/aromatic N) is 5. The van der Waals surface area contributed by atoms with E-state index in [-0.39, 0.29) is 12.1 Å². The Labute approximate surface area is 129 Å². The van der Waals surface area contributed by atoms with Crippen LogP contribution in [0.1, 0.15) is 13.8 Å². The van der Waals surface area contributed by atoms with Gasteiger partial charge in [-0.15, -0.1) is 0 Å². The largest absolute Gasteiger partial charge is 0.370 e. The summed E-state index contributed by atoms with van der Waals surface area (Å²) in [5, 5.41) is 9.07. The van der Waals surface area contributed by atoms with Gasteiger partial charge in [0.1, 0.15) is 0 Å². The van der Waals surface area contributed by atoms with Gasteiger partial charge in [0.05, 0.1) is 31.8 Å². The quantitative estimate of drug-likeness (QED) is 0.366. The first-order chi connectivity index (χ1) is 10.4. The van der Waals surface area contributed by atoms with Gasteiger partial charge in [0, 0.05) is 7.05 Å². The van der Waals surface area contributed by atoms with Crippen LogP contribution in [-0.4, -0.2) is 67.6 Å². The van der Waals surface area contributed by atoms with Gasteiger partial charge in [-0.05, 0) is 13.8 Å². The topological polar surface area (TPSA) is 141 Å². The van der Waals surface area contributed by atoms with E-state index in [1.807, 2.05) is 25.8 Å². The van der Waals surface area contributed by atoms with Gasteiger partial charge >= 0.3 is 0 Å². The Balaban J connectivity index is 1.93. The SMILES string of the molecule is CC1CN=C(NCN(C)C2=NC(C)CN=C(N)N2)NC(N)=N1. The zero-order valence-corrected chi connectivity index (χ0v) is 13.2. The highest BCUT2D eigenvalue weighted by Gasteiger charge is 2.15. The summed E-state index contributed by atoms with van der Waals surface area (Å²) in [6.45, 7) is 5.57. The van der Waals surface area contributed by atoms with E-state index >= 15 is 0 Å². The molecule has 0 radical (unpaired) electrons. The van der Waals surface area contributed by atoms with Crippen LogP contribution in [0, 0.1) is 0 Å². The Morgan fingerprint density at radius 2 is 1.77 bits per heavy atom. The number of hydrogen-bond donors (Lipinski definition) is 5. The lowest BCUT2D eigenvalue weighted by atomic mass is 10.4. The highest BCUT2D eigenvalue weighted by atomic mass is 15.4. The summed E-state index contributed by atoms with van der Waals surface area (Å²) in [4.78, 5) is 19.2. The highest BCUT2D eigenvalue weighted by molar-refractivity contribution is 5.99. The van der Waals surface area contributed by atoms with Crippen molar-refractivity contribution in [3.8, 4) is 0 Å². The Bertz CT molecular complexity index is 520. The van der Waals surface area contributed by atoms with E-state index < -0.39 is 0 Å². The predicted molar refractivity (Wildman–Crippen MR) is 88.8 cm³/mol. The number of rotatable bonds is 2. The predicted octanol–water partition coefficient (Wildman–Crippen LogP) is -2.21. The zero-order chi connectivity index (χ0) is 16.1. The van der Waals surface area contributed by atoms with Crippen LogP contribution < -0.4 is 27.4 Å². The fourth-order valence-corrected chi connectivity index (χ4v) is 1.92. The van der Waals surface area contributed by atoms with E-state index in [9.17, 15) is 0 Å². The minimum absolute atomic E-state index is 0.0642. The minimum Gasteiger partial charge on any atom is -0.370 e. The van der Waals surface area contributed by atoms with E-state index in [4.69, 9.17) is 11.5 Å². The molecule has 0 aromatic carbocycles. The Kier molecular flexibility index (Phi) is 5.02. The van der Waals surface area contributed by atoms with Crippen LogP contribution >= 0.6 is 0 Å². The van der Waals surface area contributed by atoms with Crippen LogP contribution in [0.5, 0.6) is 0 Å². The summed E-state index contributed by atoms with van der Waals surface area (Å²) in [5.74, 6) is 1.96. The van der Waals surface area contributed by atoms with E-state index in [2.05, 4.69) is 35.9 Å².